The van der Waals surface area contributed by atoms with Crippen LogP contribution in [0.4, 0.5) is 5.82 Å². The quantitative estimate of drug-likeness (QED) is 0.193. The lowest BCUT2D eigenvalue weighted by Crippen LogP contribution is -2.36. The molecule has 3 rings (SSSR count). The van der Waals surface area contributed by atoms with E-state index in [9.17, 15) is 19.2 Å². The van der Waals surface area contributed by atoms with Crippen LogP contribution >= 0.6 is 23.4 Å². The molecule has 3 aromatic rings. The molecule has 176 valence electrons. The largest absolute Gasteiger partial charge is 0.384 e. The molecule has 11 heteroatoms. The number of aromatic nitrogens is 4. The van der Waals surface area contributed by atoms with Crippen molar-refractivity contribution in [2.24, 2.45) is 0 Å². The van der Waals surface area contributed by atoms with E-state index >= 15 is 0 Å². The smallest absolute Gasteiger partial charge is 0.329 e. The van der Waals surface area contributed by atoms with Crippen molar-refractivity contribution in [2.45, 2.75) is 57.8 Å². The van der Waals surface area contributed by atoms with Crippen LogP contribution in [0.25, 0.3) is 10.9 Å². The Hall–Kier alpha value is -2.85. The van der Waals surface area contributed by atoms with E-state index in [1.54, 1.807) is 22.8 Å². The lowest BCUT2D eigenvalue weighted by Gasteiger charge is -2.14. The van der Waals surface area contributed by atoms with E-state index in [0.717, 1.165) is 31.0 Å². The minimum atomic E-state index is -0.825. The van der Waals surface area contributed by atoms with Crippen molar-refractivity contribution >= 4 is 45.9 Å². The second-order valence-corrected chi connectivity index (χ2v) is 8.98. The van der Waals surface area contributed by atoms with Gasteiger partial charge < -0.3 is 5.73 Å². The van der Waals surface area contributed by atoms with Crippen molar-refractivity contribution in [3.05, 3.63) is 60.0 Å². The molecular weight excluding hydrogens is 466 g/mol. The number of hydrogen-bond donors (Lipinski definition) is 2. The maximum Gasteiger partial charge on any atom is 0.329 e. The number of fused-ring (bicyclic) bond motifs is 1. The summed E-state index contributed by atoms with van der Waals surface area (Å²) in [5.41, 5.74) is 4.48. The number of anilines is 1. The molecule has 0 aliphatic heterocycles. The standard InChI is InChI=1S/C22H26ClN5O4S/c1-3-5-6-10-28-20(31)14-8-7-13(23)11-15(14)25-22(28)33-12-16(29)17-18(24)27(9-4-2)21(32)26-19(17)30/h7-8,11H,3-6,9-10,12,24H2,1-2H3,(H,26,30,32). The lowest BCUT2D eigenvalue weighted by atomic mass is 10.2. The molecule has 0 aliphatic rings. The Morgan fingerprint density at radius 1 is 1.12 bits per heavy atom. The fourth-order valence-electron chi connectivity index (χ4n) is 3.51. The first-order valence-electron chi connectivity index (χ1n) is 10.8. The Balaban J connectivity index is 1.98. The molecule has 0 saturated carbocycles. The van der Waals surface area contributed by atoms with Crippen LogP contribution in [0.1, 0.15) is 49.9 Å². The zero-order valence-corrected chi connectivity index (χ0v) is 20.1. The maximum atomic E-state index is 13.1. The summed E-state index contributed by atoms with van der Waals surface area (Å²) < 4.78 is 2.73. The van der Waals surface area contributed by atoms with Gasteiger partial charge in [0.1, 0.15) is 11.4 Å². The first-order valence-corrected chi connectivity index (χ1v) is 12.1. The normalized spacial score (nSPS) is 11.2. The molecule has 3 N–H and O–H groups in total. The van der Waals surface area contributed by atoms with Gasteiger partial charge in [-0.3, -0.25) is 28.5 Å². The number of Topliss-reactive ketones (excluding diaryl/α,β-unsaturated/α-hetero) is 1. The number of nitrogens with two attached hydrogens (primary N) is 1. The number of unbranched alkanes of at least 4 members (excludes halogenated alkanes) is 2. The summed E-state index contributed by atoms with van der Waals surface area (Å²) in [7, 11) is 0. The molecule has 0 bridgehead atoms. The fourth-order valence-corrected chi connectivity index (χ4v) is 4.57. The molecule has 9 nitrogen and oxygen atoms in total. The zero-order valence-electron chi connectivity index (χ0n) is 18.5. The summed E-state index contributed by atoms with van der Waals surface area (Å²) in [5, 5.41) is 1.25. The molecule has 0 atom stereocenters. The van der Waals surface area contributed by atoms with Gasteiger partial charge in [-0.1, -0.05) is 50.1 Å². The second-order valence-electron chi connectivity index (χ2n) is 7.60. The topological polar surface area (TPSA) is 133 Å². The number of aromatic amines is 1. The highest BCUT2D eigenvalue weighted by Crippen LogP contribution is 2.22. The van der Waals surface area contributed by atoms with E-state index in [0.29, 0.717) is 34.0 Å². The lowest BCUT2D eigenvalue weighted by molar-refractivity contribution is 0.102. The van der Waals surface area contributed by atoms with E-state index in [1.165, 1.54) is 4.57 Å². The molecule has 0 spiro atoms. The average Bonchev–Trinajstić information content (AvgIpc) is 2.76. The molecule has 0 fully saturated rings. The monoisotopic (exact) mass is 491 g/mol. The van der Waals surface area contributed by atoms with Crippen molar-refractivity contribution in [3.8, 4) is 0 Å². The summed E-state index contributed by atoms with van der Waals surface area (Å²) >= 11 is 7.12. The van der Waals surface area contributed by atoms with Crippen molar-refractivity contribution < 1.29 is 4.79 Å². The summed E-state index contributed by atoms with van der Waals surface area (Å²) in [4.78, 5) is 57.1. The number of benzene rings is 1. The summed E-state index contributed by atoms with van der Waals surface area (Å²) in [6, 6.07) is 4.88. The van der Waals surface area contributed by atoms with Crippen molar-refractivity contribution in [2.75, 3.05) is 11.5 Å². The van der Waals surface area contributed by atoms with Crippen molar-refractivity contribution in [3.63, 3.8) is 0 Å². The van der Waals surface area contributed by atoms with Crippen LogP contribution in [0.5, 0.6) is 0 Å². The number of halogens is 1. The van der Waals surface area contributed by atoms with E-state index in [4.69, 9.17) is 17.3 Å². The molecule has 33 heavy (non-hydrogen) atoms. The average molecular weight is 492 g/mol. The summed E-state index contributed by atoms with van der Waals surface area (Å²) in [5.74, 6) is -0.886. The third-order valence-corrected chi connectivity index (χ3v) is 6.38. The fraction of sp³-hybridized carbons (Fsp3) is 0.409. The number of carbonyl (C=O) groups is 1. The Bertz CT molecular complexity index is 1360. The molecule has 0 unspecified atom stereocenters. The molecule has 2 heterocycles. The van der Waals surface area contributed by atoms with Gasteiger partial charge in [0.25, 0.3) is 11.1 Å². The van der Waals surface area contributed by atoms with Crippen molar-refractivity contribution in [1.82, 2.24) is 19.1 Å². The molecular formula is C22H26ClN5O4S. The highest BCUT2D eigenvalue weighted by Gasteiger charge is 2.21. The highest BCUT2D eigenvalue weighted by molar-refractivity contribution is 7.99. The first kappa shape index (κ1) is 24.8. The van der Waals surface area contributed by atoms with Gasteiger partial charge >= 0.3 is 5.69 Å². The molecule has 0 saturated heterocycles. The number of hydrogen-bond acceptors (Lipinski definition) is 7. The Kier molecular flexibility index (Phi) is 8.15. The predicted molar refractivity (Wildman–Crippen MR) is 132 cm³/mol. The number of H-pyrrole nitrogens is 1. The first-order chi connectivity index (χ1) is 15.8. The molecule has 0 aliphatic carbocycles. The Morgan fingerprint density at radius 3 is 2.58 bits per heavy atom. The van der Waals surface area contributed by atoms with Gasteiger partial charge in [0.15, 0.2) is 10.9 Å². The van der Waals surface area contributed by atoms with Crippen LogP contribution in [0.2, 0.25) is 5.02 Å². The predicted octanol–water partition coefficient (Wildman–Crippen LogP) is 3.06. The number of nitrogen functional groups attached to an aromatic ring is 1. The van der Waals surface area contributed by atoms with E-state index in [1.807, 2.05) is 6.92 Å². The zero-order chi connectivity index (χ0) is 24.1. The Morgan fingerprint density at radius 2 is 1.88 bits per heavy atom. The number of nitrogens with one attached hydrogen (secondary N) is 1. The van der Waals surface area contributed by atoms with Crippen LogP contribution in [-0.4, -0.2) is 30.6 Å². The van der Waals surface area contributed by atoms with Crippen LogP contribution in [-0.2, 0) is 13.1 Å². The molecule has 1 aromatic carbocycles. The van der Waals surface area contributed by atoms with Crippen LogP contribution < -0.4 is 22.5 Å². The van der Waals surface area contributed by atoms with Gasteiger partial charge in [0, 0.05) is 18.1 Å². The van der Waals surface area contributed by atoms with E-state index in [2.05, 4.69) is 16.9 Å². The summed E-state index contributed by atoms with van der Waals surface area (Å²) in [6.07, 6.45) is 3.32. The second kappa shape index (κ2) is 10.8. The van der Waals surface area contributed by atoms with Gasteiger partial charge in [-0.15, -0.1) is 0 Å². The van der Waals surface area contributed by atoms with Gasteiger partial charge in [-0.25, -0.2) is 9.78 Å². The number of rotatable bonds is 10. The number of ketones is 1. The molecule has 0 radical (unpaired) electrons. The van der Waals surface area contributed by atoms with Crippen LogP contribution in [0.3, 0.4) is 0 Å². The van der Waals surface area contributed by atoms with Gasteiger partial charge in [-0.05, 0) is 31.0 Å². The van der Waals surface area contributed by atoms with Gasteiger partial charge in [-0.2, -0.15) is 0 Å². The Labute approximate surface area is 199 Å². The van der Waals surface area contributed by atoms with Crippen LogP contribution in [0, 0.1) is 0 Å². The number of nitrogens with zero attached hydrogens (tertiary/aromatic N) is 3. The number of thioether (sulfide) groups is 1. The molecule has 2 aromatic heterocycles. The minimum Gasteiger partial charge on any atom is -0.384 e. The van der Waals surface area contributed by atoms with Crippen LogP contribution in [0.15, 0.2) is 37.7 Å². The van der Waals surface area contributed by atoms with Crippen molar-refractivity contribution in [1.29, 1.82) is 0 Å². The third kappa shape index (κ3) is 5.39. The van der Waals surface area contributed by atoms with E-state index in [-0.39, 0.29) is 29.2 Å². The van der Waals surface area contributed by atoms with Gasteiger partial charge in [0.2, 0.25) is 0 Å². The summed E-state index contributed by atoms with van der Waals surface area (Å²) in [6.45, 7) is 4.65. The number of carbonyl (C=O) groups excluding carboxylic acids is 1. The highest BCUT2D eigenvalue weighted by atomic mass is 35.5. The van der Waals surface area contributed by atoms with Gasteiger partial charge in [0.05, 0.1) is 16.7 Å². The minimum absolute atomic E-state index is 0.158. The molecule has 0 amide bonds. The third-order valence-electron chi connectivity index (χ3n) is 5.17. The van der Waals surface area contributed by atoms with E-state index < -0.39 is 17.0 Å². The SMILES string of the molecule is CCCCCn1c(SCC(=O)c2c(N)n(CCC)c(=O)[nH]c2=O)nc2cc(Cl)ccc2c1=O. The maximum absolute atomic E-state index is 13.1.